The number of pyridine rings is 2. The van der Waals surface area contributed by atoms with Gasteiger partial charge in [-0.3, -0.25) is 0 Å². The van der Waals surface area contributed by atoms with Crippen molar-refractivity contribution in [2.45, 2.75) is 12.8 Å². The normalized spacial score (nSPS) is 12.7. The van der Waals surface area contributed by atoms with Crippen molar-refractivity contribution in [3.8, 4) is 44.8 Å². The highest BCUT2D eigenvalue weighted by atomic mass is 16.3. The minimum Gasteiger partial charge on any atom is -0.455 e. The third kappa shape index (κ3) is 5.13. The summed E-state index contributed by atoms with van der Waals surface area (Å²) < 4.78 is 6.81. The molecule has 12 rings (SSSR count). The van der Waals surface area contributed by atoms with Crippen LogP contribution in [0.2, 0.25) is 0 Å². The van der Waals surface area contributed by atoms with E-state index in [2.05, 4.69) is 176 Å². The molecule has 57 heavy (non-hydrogen) atoms. The van der Waals surface area contributed by atoms with Gasteiger partial charge in [0.25, 0.3) is 0 Å². The first-order valence-electron chi connectivity index (χ1n) is 19.7. The number of aryl methyl sites for hydroxylation is 1. The van der Waals surface area contributed by atoms with Gasteiger partial charge in [0.1, 0.15) is 11.2 Å². The number of allylic oxidation sites excluding steroid dienone is 1. The summed E-state index contributed by atoms with van der Waals surface area (Å²) in [7, 11) is 0. The molecule has 3 aromatic heterocycles. The van der Waals surface area contributed by atoms with Gasteiger partial charge in [0, 0.05) is 38.2 Å². The molecule has 0 unspecified atom stereocenters. The molecule has 0 saturated heterocycles. The predicted octanol–water partition coefficient (Wildman–Crippen LogP) is 14.6. The van der Waals surface area contributed by atoms with Crippen molar-refractivity contribution in [2.75, 3.05) is 0 Å². The Hall–Kier alpha value is -7.36. The largest absolute Gasteiger partial charge is 0.455 e. The van der Waals surface area contributed by atoms with Crippen LogP contribution < -0.4 is 0 Å². The Labute approximate surface area is 329 Å². The molecule has 0 amide bonds. The second-order valence-corrected chi connectivity index (χ2v) is 15.2. The highest BCUT2D eigenvalue weighted by Crippen LogP contribution is 2.45. The van der Waals surface area contributed by atoms with E-state index in [-0.39, 0.29) is 0 Å². The topological polar surface area (TPSA) is 38.9 Å². The van der Waals surface area contributed by atoms with Gasteiger partial charge in [0.05, 0.1) is 22.4 Å². The Kier molecular flexibility index (Phi) is 7.05. The van der Waals surface area contributed by atoms with Gasteiger partial charge in [-0.2, -0.15) is 0 Å². The first-order chi connectivity index (χ1) is 28.2. The van der Waals surface area contributed by atoms with E-state index in [1.165, 1.54) is 38.2 Å². The standard InChI is InChI=1S/C54H34N2O/c1-2-10-34(11-3-1)48-28-26-36-22-23-37-27-29-49(56-53(37)52(36)55-48)35-20-18-33(19-21-35)38-24-25-40-32-47(54-51(45(40)30-38)44-16-8-9-17-50(44)57-54)46-31-39-12-4-5-13-41(39)42-14-6-7-15-43(42)46/h1-4,6-12,14-32H,5,13H2. The summed E-state index contributed by atoms with van der Waals surface area (Å²) in [4.78, 5) is 10.3. The van der Waals surface area contributed by atoms with Gasteiger partial charge >= 0.3 is 0 Å². The van der Waals surface area contributed by atoms with Crippen LogP contribution in [0, 0.1) is 0 Å². The van der Waals surface area contributed by atoms with E-state index in [4.69, 9.17) is 14.4 Å². The third-order valence-electron chi connectivity index (χ3n) is 11.9. The molecule has 3 heterocycles. The molecule has 0 aliphatic heterocycles. The number of furan rings is 1. The average Bonchev–Trinajstić information content (AvgIpc) is 3.68. The Bertz CT molecular complexity index is 3450. The molecule has 1 aliphatic carbocycles. The Morgan fingerprint density at radius 2 is 1.05 bits per heavy atom. The monoisotopic (exact) mass is 726 g/mol. The molecule has 266 valence electrons. The van der Waals surface area contributed by atoms with Crippen molar-refractivity contribution >= 4 is 71.4 Å². The van der Waals surface area contributed by atoms with Crippen LogP contribution in [0.5, 0.6) is 0 Å². The lowest BCUT2D eigenvalue weighted by Crippen LogP contribution is -1.97. The molecule has 8 aromatic carbocycles. The zero-order chi connectivity index (χ0) is 37.5. The quantitative estimate of drug-likeness (QED) is 0.170. The smallest absolute Gasteiger partial charge is 0.143 e. The first kappa shape index (κ1) is 31.9. The van der Waals surface area contributed by atoms with Crippen molar-refractivity contribution in [3.05, 3.63) is 187 Å². The van der Waals surface area contributed by atoms with Gasteiger partial charge in [-0.1, -0.05) is 146 Å². The predicted molar refractivity (Wildman–Crippen MR) is 238 cm³/mol. The van der Waals surface area contributed by atoms with E-state index in [1.54, 1.807) is 0 Å². The maximum Gasteiger partial charge on any atom is 0.143 e. The second-order valence-electron chi connectivity index (χ2n) is 15.2. The van der Waals surface area contributed by atoms with Crippen molar-refractivity contribution in [2.24, 2.45) is 0 Å². The molecule has 0 fully saturated rings. The van der Waals surface area contributed by atoms with Gasteiger partial charge in [-0.15, -0.1) is 0 Å². The van der Waals surface area contributed by atoms with E-state index in [9.17, 15) is 0 Å². The summed E-state index contributed by atoms with van der Waals surface area (Å²) in [6.45, 7) is 0. The molecule has 0 saturated carbocycles. The van der Waals surface area contributed by atoms with Gasteiger partial charge < -0.3 is 4.42 Å². The fourth-order valence-corrected chi connectivity index (χ4v) is 9.08. The molecule has 11 aromatic rings. The Morgan fingerprint density at radius 3 is 1.82 bits per heavy atom. The van der Waals surface area contributed by atoms with E-state index in [0.717, 1.165) is 95.8 Å². The number of rotatable bonds is 4. The number of hydrogen-bond acceptors (Lipinski definition) is 3. The SMILES string of the molecule is C1=Cc2cc(-c3cc4ccc(-c5ccc(-c6ccc7ccc8ccc(-c9ccccc9)nc8c7n6)cc5)cc4c4c3oc3ccccc34)c3ccccc3c2CC1. The molecule has 0 radical (unpaired) electrons. The lowest BCUT2D eigenvalue weighted by atomic mass is 9.86. The van der Waals surface area contributed by atoms with Crippen LogP contribution in [-0.4, -0.2) is 9.97 Å². The van der Waals surface area contributed by atoms with Gasteiger partial charge in [-0.25, -0.2) is 9.97 Å². The van der Waals surface area contributed by atoms with Crippen LogP contribution >= 0.6 is 0 Å². The summed E-state index contributed by atoms with van der Waals surface area (Å²) in [5, 5.41) is 9.43. The number of para-hydroxylation sites is 1. The molecular formula is C54H34N2O. The Balaban J connectivity index is 0.974. The zero-order valence-corrected chi connectivity index (χ0v) is 31.0. The lowest BCUT2D eigenvalue weighted by Gasteiger charge is -2.18. The fraction of sp³-hybridized carbons (Fsp3) is 0.0370. The summed E-state index contributed by atoms with van der Waals surface area (Å²) in [6.07, 6.45) is 6.74. The van der Waals surface area contributed by atoms with Crippen LogP contribution in [-0.2, 0) is 6.42 Å². The maximum absolute atomic E-state index is 6.81. The van der Waals surface area contributed by atoms with Crippen LogP contribution in [0.15, 0.2) is 180 Å². The number of benzene rings is 8. The van der Waals surface area contributed by atoms with Gasteiger partial charge in [0.15, 0.2) is 0 Å². The molecule has 1 aliphatic rings. The number of nitrogens with zero attached hydrogens (tertiary/aromatic N) is 2. The van der Waals surface area contributed by atoms with E-state index in [1.807, 2.05) is 6.07 Å². The minimum atomic E-state index is 0.903. The van der Waals surface area contributed by atoms with E-state index in [0.29, 0.717) is 0 Å². The lowest BCUT2D eigenvalue weighted by molar-refractivity contribution is 0.670. The van der Waals surface area contributed by atoms with Crippen molar-refractivity contribution in [1.29, 1.82) is 0 Å². The third-order valence-corrected chi connectivity index (χ3v) is 11.9. The summed E-state index contributed by atoms with van der Waals surface area (Å²) in [5.41, 5.74) is 15.1. The molecule has 0 bridgehead atoms. The molecular weight excluding hydrogens is 693 g/mol. The van der Waals surface area contributed by atoms with Gasteiger partial charge in [-0.05, 0) is 98.6 Å². The van der Waals surface area contributed by atoms with Crippen LogP contribution in [0.25, 0.3) is 116 Å². The minimum absolute atomic E-state index is 0.903. The maximum atomic E-state index is 6.81. The van der Waals surface area contributed by atoms with Crippen molar-refractivity contribution in [1.82, 2.24) is 9.97 Å². The van der Waals surface area contributed by atoms with Crippen LogP contribution in [0.1, 0.15) is 17.5 Å². The summed E-state index contributed by atoms with van der Waals surface area (Å²) >= 11 is 0. The molecule has 0 spiro atoms. The number of fused-ring (bicyclic) bond motifs is 11. The van der Waals surface area contributed by atoms with Crippen molar-refractivity contribution < 1.29 is 4.42 Å². The summed E-state index contributed by atoms with van der Waals surface area (Å²) in [6, 6.07) is 60.8. The zero-order valence-electron chi connectivity index (χ0n) is 31.0. The van der Waals surface area contributed by atoms with E-state index >= 15 is 0 Å². The molecule has 0 atom stereocenters. The summed E-state index contributed by atoms with van der Waals surface area (Å²) in [5.74, 6) is 0. The molecule has 3 heteroatoms. The number of aromatic nitrogens is 2. The average molecular weight is 727 g/mol. The second kappa shape index (κ2) is 12.6. The highest BCUT2D eigenvalue weighted by molar-refractivity contribution is 6.24. The van der Waals surface area contributed by atoms with Crippen LogP contribution in [0.3, 0.4) is 0 Å². The highest BCUT2D eigenvalue weighted by Gasteiger charge is 2.21. The number of hydrogen-bond donors (Lipinski definition) is 0. The van der Waals surface area contributed by atoms with Gasteiger partial charge in [0.2, 0.25) is 0 Å². The Morgan fingerprint density at radius 1 is 0.439 bits per heavy atom. The molecule has 3 nitrogen and oxygen atoms in total. The van der Waals surface area contributed by atoms with E-state index < -0.39 is 0 Å². The first-order valence-corrected chi connectivity index (χ1v) is 19.7. The fourth-order valence-electron chi connectivity index (χ4n) is 9.08. The van der Waals surface area contributed by atoms with Crippen molar-refractivity contribution in [3.63, 3.8) is 0 Å². The molecule has 0 N–H and O–H groups in total. The van der Waals surface area contributed by atoms with Crippen LogP contribution in [0.4, 0.5) is 0 Å².